The predicted octanol–water partition coefficient (Wildman–Crippen LogP) is 5.27. The molecule has 0 saturated carbocycles. The Bertz CT molecular complexity index is 1780. The van der Waals surface area contributed by atoms with Crippen molar-refractivity contribution in [2.45, 2.75) is 37.2 Å². The first-order valence-electron chi connectivity index (χ1n) is 13.0. The van der Waals surface area contributed by atoms with E-state index in [0.717, 1.165) is 10.9 Å². The van der Waals surface area contributed by atoms with Crippen molar-refractivity contribution in [1.82, 2.24) is 10.2 Å². The molecule has 8 nitrogen and oxygen atoms in total. The summed E-state index contributed by atoms with van der Waals surface area (Å²) >= 11 is 13.2. The SMILES string of the molecule is CCS(=O)(=O)c1cccc(CC(C=O)NC(=O)c2c(Cl)cc3c(c2Cl)CCN(C(=O)c2ccc4ccoc4c2)C3)c1. The van der Waals surface area contributed by atoms with Crippen molar-refractivity contribution in [1.29, 1.82) is 0 Å². The minimum absolute atomic E-state index is 0.0456. The fraction of sp³-hybridized carbons (Fsp3) is 0.233. The smallest absolute Gasteiger partial charge is 0.254 e. The molecule has 1 aliphatic heterocycles. The first-order valence-corrected chi connectivity index (χ1v) is 15.4. The number of hydrogen-bond donors (Lipinski definition) is 1. The van der Waals surface area contributed by atoms with Gasteiger partial charge in [0.05, 0.1) is 38.6 Å². The lowest BCUT2D eigenvalue weighted by atomic mass is 9.95. The second-order valence-electron chi connectivity index (χ2n) is 9.81. The molecule has 0 radical (unpaired) electrons. The molecule has 1 N–H and O–H groups in total. The van der Waals surface area contributed by atoms with E-state index in [2.05, 4.69) is 5.32 Å². The zero-order chi connectivity index (χ0) is 29.3. The molecule has 5 rings (SSSR count). The molecule has 1 unspecified atom stereocenters. The van der Waals surface area contributed by atoms with Gasteiger partial charge in [0.15, 0.2) is 9.84 Å². The Hall–Kier alpha value is -3.66. The number of furan rings is 1. The number of aldehydes is 1. The molecular weight excluding hydrogens is 587 g/mol. The van der Waals surface area contributed by atoms with Crippen LogP contribution in [0.1, 0.15) is 44.3 Å². The molecule has 41 heavy (non-hydrogen) atoms. The number of hydrogen-bond acceptors (Lipinski definition) is 6. The van der Waals surface area contributed by atoms with Crippen LogP contribution < -0.4 is 5.32 Å². The minimum Gasteiger partial charge on any atom is -0.464 e. The third-order valence-electron chi connectivity index (χ3n) is 7.20. The number of nitrogens with one attached hydrogen (secondary N) is 1. The van der Waals surface area contributed by atoms with E-state index in [1.807, 2.05) is 12.1 Å². The molecule has 1 atom stereocenters. The van der Waals surface area contributed by atoms with Gasteiger partial charge in [0.1, 0.15) is 11.9 Å². The predicted molar refractivity (Wildman–Crippen MR) is 156 cm³/mol. The number of fused-ring (bicyclic) bond motifs is 2. The van der Waals surface area contributed by atoms with Crippen LogP contribution in [-0.4, -0.2) is 49.8 Å². The lowest BCUT2D eigenvalue weighted by molar-refractivity contribution is -0.109. The first kappa shape index (κ1) is 28.9. The molecule has 0 aliphatic carbocycles. The number of benzene rings is 3. The van der Waals surface area contributed by atoms with Crippen LogP contribution in [0.15, 0.2) is 70.2 Å². The number of carbonyl (C=O) groups is 3. The summed E-state index contributed by atoms with van der Waals surface area (Å²) in [6, 6.07) is 14.1. The van der Waals surface area contributed by atoms with Gasteiger partial charge in [-0.05, 0) is 65.9 Å². The largest absolute Gasteiger partial charge is 0.464 e. The third kappa shape index (κ3) is 5.88. The molecule has 0 spiro atoms. The van der Waals surface area contributed by atoms with Crippen LogP contribution >= 0.6 is 23.2 Å². The van der Waals surface area contributed by atoms with E-state index in [-0.39, 0.29) is 45.1 Å². The van der Waals surface area contributed by atoms with Gasteiger partial charge in [0.2, 0.25) is 0 Å². The highest BCUT2D eigenvalue weighted by Gasteiger charge is 2.29. The molecule has 2 amide bonds. The summed E-state index contributed by atoms with van der Waals surface area (Å²) in [5.41, 5.74) is 3.20. The average molecular weight is 614 g/mol. The van der Waals surface area contributed by atoms with Crippen molar-refractivity contribution in [3.8, 4) is 0 Å². The van der Waals surface area contributed by atoms with E-state index in [1.54, 1.807) is 48.4 Å². The molecule has 11 heteroatoms. The first-order chi connectivity index (χ1) is 19.6. The Labute approximate surface area is 247 Å². The van der Waals surface area contributed by atoms with Crippen LogP contribution in [0.2, 0.25) is 10.0 Å². The Kier molecular flexibility index (Phi) is 8.22. The highest BCUT2D eigenvalue weighted by atomic mass is 35.5. The van der Waals surface area contributed by atoms with Crippen molar-refractivity contribution in [2.24, 2.45) is 0 Å². The zero-order valence-corrected chi connectivity index (χ0v) is 24.4. The van der Waals surface area contributed by atoms with Gasteiger partial charge < -0.3 is 19.4 Å². The van der Waals surface area contributed by atoms with Gasteiger partial charge in [0, 0.05) is 24.0 Å². The Morgan fingerprint density at radius 1 is 1.12 bits per heavy atom. The summed E-state index contributed by atoms with van der Waals surface area (Å²) in [4.78, 5) is 40.1. The summed E-state index contributed by atoms with van der Waals surface area (Å²) in [5, 5.41) is 3.83. The van der Waals surface area contributed by atoms with Crippen LogP contribution in [0.5, 0.6) is 0 Å². The molecule has 3 aromatic carbocycles. The van der Waals surface area contributed by atoms with E-state index in [9.17, 15) is 22.8 Å². The van der Waals surface area contributed by atoms with Crippen LogP contribution in [0.25, 0.3) is 11.0 Å². The lowest BCUT2D eigenvalue weighted by Crippen LogP contribution is -2.39. The number of carbonyl (C=O) groups excluding carboxylic acids is 3. The Balaban J connectivity index is 1.32. The molecule has 0 bridgehead atoms. The van der Waals surface area contributed by atoms with E-state index in [0.29, 0.717) is 41.5 Å². The second kappa shape index (κ2) is 11.7. The number of rotatable bonds is 8. The highest BCUT2D eigenvalue weighted by Crippen LogP contribution is 2.35. The lowest BCUT2D eigenvalue weighted by Gasteiger charge is -2.30. The van der Waals surface area contributed by atoms with Crippen molar-refractivity contribution >= 4 is 62.1 Å². The monoisotopic (exact) mass is 612 g/mol. The molecule has 1 aromatic heterocycles. The summed E-state index contributed by atoms with van der Waals surface area (Å²) in [6.45, 7) is 2.21. The molecule has 0 fully saturated rings. The van der Waals surface area contributed by atoms with Gasteiger partial charge in [-0.25, -0.2) is 8.42 Å². The summed E-state index contributed by atoms with van der Waals surface area (Å²) in [7, 11) is -3.42. The van der Waals surface area contributed by atoms with Crippen molar-refractivity contribution in [3.63, 3.8) is 0 Å². The zero-order valence-electron chi connectivity index (χ0n) is 22.0. The molecular formula is C30H26Cl2N2O6S. The van der Waals surface area contributed by atoms with Gasteiger partial charge in [-0.15, -0.1) is 0 Å². The summed E-state index contributed by atoms with van der Waals surface area (Å²) < 4.78 is 29.9. The van der Waals surface area contributed by atoms with Gasteiger partial charge in [-0.3, -0.25) is 9.59 Å². The van der Waals surface area contributed by atoms with Crippen LogP contribution in [0.3, 0.4) is 0 Å². The Morgan fingerprint density at radius 2 is 1.93 bits per heavy atom. The molecule has 4 aromatic rings. The van der Waals surface area contributed by atoms with E-state index < -0.39 is 21.8 Å². The minimum atomic E-state index is -3.42. The average Bonchev–Trinajstić information content (AvgIpc) is 3.44. The van der Waals surface area contributed by atoms with Crippen molar-refractivity contribution in [2.75, 3.05) is 12.3 Å². The maximum Gasteiger partial charge on any atom is 0.254 e. The normalized spacial score (nSPS) is 14.0. The number of nitrogens with zero attached hydrogens (tertiary/aromatic N) is 1. The van der Waals surface area contributed by atoms with Gasteiger partial charge in [-0.2, -0.15) is 0 Å². The maximum atomic E-state index is 13.2. The summed E-state index contributed by atoms with van der Waals surface area (Å²) in [6.07, 6.45) is 2.66. The maximum absolute atomic E-state index is 13.2. The van der Waals surface area contributed by atoms with Crippen LogP contribution in [-0.2, 0) is 34.0 Å². The molecule has 212 valence electrons. The topological polar surface area (TPSA) is 114 Å². The quantitative estimate of drug-likeness (QED) is 0.271. The van der Waals surface area contributed by atoms with Crippen molar-refractivity contribution in [3.05, 3.63) is 98.7 Å². The fourth-order valence-corrected chi connectivity index (χ4v) is 6.68. The molecule has 2 heterocycles. The Morgan fingerprint density at radius 3 is 2.68 bits per heavy atom. The second-order valence-corrected chi connectivity index (χ2v) is 12.9. The van der Waals surface area contributed by atoms with E-state index >= 15 is 0 Å². The van der Waals surface area contributed by atoms with Crippen molar-refractivity contribution < 1.29 is 27.2 Å². The molecule has 1 aliphatic rings. The fourth-order valence-electron chi connectivity index (χ4n) is 4.96. The van der Waals surface area contributed by atoms with Gasteiger partial charge in [-0.1, -0.05) is 48.3 Å². The standard InChI is InChI=1S/C30H26Cl2N2O6S/c1-2-41(38,39)23-5-3-4-18(13-23)12-22(17-35)33-29(36)27-25(31)14-21-16-34(10-8-24(21)28(27)32)30(37)20-7-6-19-9-11-40-26(19)15-20/h3-7,9,11,13-15,17,22H,2,8,10,12,16H2,1H3,(H,33,36). The number of amides is 2. The summed E-state index contributed by atoms with van der Waals surface area (Å²) in [5.74, 6) is -0.832. The number of halogens is 2. The van der Waals surface area contributed by atoms with E-state index in [4.69, 9.17) is 27.6 Å². The van der Waals surface area contributed by atoms with Crippen LogP contribution in [0.4, 0.5) is 0 Å². The van der Waals surface area contributed by atoms with Crippen LogP contribution in [0, 0.1) is 0 Å². The van der Waals surface area contributed by atoms with Gasteiger partial charge >= 0.3 is 0 Å². The van der Waals surface area contributed by atoms with Gasteiger partial charge in [0.25, 0.3) is 11.8 Å². The molecule has 0 saturated heterocycles. The third-order valence-corrected chi connectivity index (χ3v) is 9.64. The number of sulfone groups is 1. The van der Waals surface area contributed by atoms with E-state index in [1.165, 1.54) is 12.1 Å². The highest BCUT2D eigenvalue weighted by molar-refractivity contribution is 7.91.